The first kappa shape index (κ1) is 16.6. The Bertz CT molecular complexity index is 614. The lowest BCUT2D eigenvalue weighted by molar-refractivity contribution is 0.0867. The Morgan fingerprint density at radius 3 is 2.81 bits per heavy atom. The maximum atomic E-state index is 6.20. The van der Waals surface area contributed by atoms with E-state index in [9.17, 15) is 0 Å². The fourth-order valence-electron chi connectivity index (χ4n) is 1.72. The second kappa shape index (κ2) is 7.00. The Balaban J connectivity index is 2.21. The molecule has 0 aliphatic heterocycles. The summed E-state index contributed by atoms with van der Waals surface area (Å²) < 4.78 is 12.7. The van der Waals surface area contributed by atoms with Crippen LogP contribution in [-0.4, -0.2) is 23.4 Å². The van der Waals surface area contributed by atoms with Crippen molar-refractivity contribution in [2.45, 2.75) is 25.8 Å². The number of rotatable bonds is 6. The zero-order valence-electron chi connectivity index (χ0n) is 11.9. The van der Waals surface area contributed by atoms with Crippen LogP contribution in [0, 0.1) is 0 Å². The molecule has 1 unspecified atom stereocenters. The van der Waals surface area contributed by atoms with Crippen LogP contribution in [0.4, 0.5) is 0 Å². The van der Waals surface area contributed by atoms with Crippen molar-refractivity contribution in [2.75, 3.05) is 13.2 Å². The molecular weight excluding hydrogens is 402 g/mol. The first-order valence-corrected chi connectivity index (χ1v) is 8.19. The molecule has 1 aromatic heterocycles. The lowest BCUT2D eigenvalue weighted by Gasteiger charge is -2.19. The van der Waals surface area contributed by atoms with Crippen molar-refractivity contribution in [3.63, 3.8) is 0 Å². The molecule has 0 spiro atoms. The Labute approximate surface area is 140 Å². The molecule has 0 bridgehead atoms. The Morgan fingerprint density at radius 2 is 2.14 bits per heavy atom. The van der Waals surface area contributed by atoms with Crippen LogP contribution in [-0.2, 0) is 10.3 Å². The molecule has 2 N–H and O–H groups in total. The van der Waals surface area contributed by atoms with Crippen molar-refractivity contribution in [1.82, 2.24) is 10.1 Å². The maximum Gasteiger partial charge on any atom is 0.259 e. The predicted octanol–water partition coefficient (Wildman–Crippen LogP) is 3.86. The molecule has 5 nitrogen and oxygen atoms in total. The number of nitrogens with two attached hydrogens (primary N) is 1. The van der Waals surface area contributed by atoms with E-state index in [-0.39, 0.29) is 0 Å². The van der Waals surface area contributed by atoms with Gasteiger partial charge in [-0.3, -0.25) is 0 Å². The van der Waals surface area contributed by atoms with E-state index in [0.717, 1.165) is 20.9 Å². The van der Waals surface area contributed by atoms with E-state index >= 15 is 0 Å². The molecule has 0 amide bonds. The summed E-state index contributed by atoms with van der Waals surface area (Å²) in [5.74, 6) is 0.861. The highest BCUT2D eigenvalue weighted by Crippen LogP contribution is 2.30. The molecule has 0 aliphatic carbocycles. The number of halogens is 2. The quantitative estimate of drug-likeness (QED) is 0.720. The third-order valence-corrected chi connectivity index (χ3v) is 4.00. The summed E-state index contributed by atoms with van der Waals surface area (Å²) in [4.78, 5) is 4.39. The summed E-state index contributed by atoms with van der Waals surface area (Å²) in [6.07, 6.45) is 0.944. The highest BCUT2D eigenvalue weighted by Gasteiger charge is 2.28. The monoisotopic (exact) mass is 417 g/mol. The molecule has 2 aromatic rings. The van der Waals surface area contributed by atoms with Gasteiger partial charge in [0, 0.05) is 15.6 Å². The fourth-order valence-corrected chi connectivity index (χ4v) is 2.94. The lowest BCUT2D eigenvalue weighted by atomic mass is 10.1. The van der Waals surface area contributed by atoms with E-state index in [1.54, 1.807) is 0 Å². The average Bonchev–Trinajstić information content (AvgIpc) is 2.89. The Kier molecular flexibility index (Phi) is 5.54. The highest BCUT2D eigenvalue weighted by atomic mass is 79.9. The normalized spacial score (nSPS) is 14.1. The van der Waals surface area contributed by atoms with Gasteiger partial charge >= 0.3 is 0 Å². The average molecular weight is 419 g/mol. The van der Waals surface area contributed by atoms with Gasteiger partial charge in [0.1, 0.15) is 5.54 Å². The summed E-state index contributed by atoms with van der Waals surface area (Å²) in [6, 6.07) is 5.73. The van der Waals surface area contributed by atoms with Crippen LogP contribution in [0.15, 0.2) is 31.7 Å². The number of ether oxygens (including phenoxy) is 1. The van der Waals surface area contributed by atoms with Gasteiger partial charge in [0.05, 0.1) is 12.2 Å². The van der Waals surface area contributed by atoms with E-state index in [1.165, 1.54) is 0 Å². The first-order chi connectivity index (χ1) is 9.94. The summed E-state index contributed by atoms with van der Waals surface area (Å²) in [6.45, 7) is 4.89. The molecular formula is C14H17Br2N3O2. The summed E-state index contributed by atoms with van der Waals surface area (Å²) in [7, 11) is 0. The Morgan fingerprint density at radius 1 is 1.38 bits per heavy atom. The Hall–Kier alpha value is -0.760. The van der Waals surface area contributed by atoms with Gasteiger partial charge in [-0.2, -0.15) is 4.98 Å². The second-order valence-corrected chi connectivity index (χ2v) is 6.79. The molecule has 21 heavy (non-hydrogen) atoms. The zero-order chi connectivity index (χ0) is 15.5. The van der Waals surface area contributed by atoms with Crippen molar-refractivity contribution < 1.29 is 9.26 Å². The molecule has 1 heterocycles. The van der Waals surface area contributed by atoms with Crippen LogP contribution >= 0.6 is 31.9 Å². The smallest absolute Gasteiger partial charge is 0.259 e. The number of benzene rings is 1. The molecule has 2 rings (SSSR count). The third kappa shape index (κ3) is 4.12. The summed E-state index contributed by atoms with van der Waals surface area (Å²) >= 11 is 6.89. The van der Waals surface area contributed by atoms with Crippen molar-refractivity contribution in [2.24, 2.45) is 5.73 Å². The van der Waals surface area contributed by atoms with Crippen LogP contribution in [0.5, 0.6) is 0 Å². The molecule has 0 saturated heterocycles. The number of hydrogen-bond acceptors (Lipinski definition) is 5. The van der Waals surface area contributed by atoms with E-state index in [1.807, 2.05) is 32.0 Å². The van der Waals surface area contributed by atoms with E-state index in [2.05, 4.69) is 42.0 Å². The zero-order valence-corrected chi connectivity index (χ0v) is 15.1. The highest BCUT2D eigenvalue weighted by molar-refractivity contribution is 9.11. The number of nitrogens with zero attached hydrogens (tertiary/aromatic N) is 2. The van der Waals surface area contributed by atoms with Crippen molar-refractivity contribution in [3.05, 3.63) is 33.0 Å². The number of hydrogen-bond donors (Lipinski definition) is 1. The van der Waals surface area contributed by atoms with Gasteiger partial charge in [-0.15, -0.1) is 0 Å². The van der Waals surface area contributed by atoms with Crippen LogP contribution in [0.25, 0.3) is 11.5 Å². The van der Waals surface area contributed by atoms with Crippen LogP contribution < -0.4 is 5.73 Å². The SMILES string of the molecule is CCCOCC(C)(N)c1noc(-c2ccc(Br)cc2Br)n1. The van der Waals surface area contributed by atoms with Gasteiger partial charge in [-0.1, -0.05) is 28.0 Å². The molecule has 0 radical (unpaired) electrons. The first-order valence-electron chi connectivity index (χ1n) is 6.60. The lowest BCUT2D eigenvalue weighted by Crippen LogP contribution is -2.39. The van der Waals surface area contributed by atoms with Crippen molar-refractivity contribution in [3.8, 4) is 11.5 Å². The van der Waals surface area contributed by atoms with Crippen LogP contribution in [0.2, 0.25) is 0 Å². The third-order valence-electron chi connectivity index (χ3n) is 2.85. The van der Waals surface area contributed by atoms with Gasteiger partial charge in [0.2, 0.25) is 0 Å². The van der Waals surface area contributed by atoms with Gasteiger partial charge in [0.15, 0.2) is 5.82 Å². The van der Waals surface area contributed by atoms with Gasteiger partial charge in [-0.25, -0.2) is 0 Å². The van der Waals surface area contributed by atoms with Crippen LogP contribution in [0.1, 0.15) is 26.1 Å². The standard InChI is InChI=1S/C14H17Br2N3O2/c1-3-6-20-8-14(2,17)13-18-12(21-19-13)10-5-4-9(15)7-11(10)16/h4-5,7H,3,6,8,17H2,1-2H3. The number of aromatic nitrogens is 2. The minimum absolute atomic E-state index is 0.349. The van der Waals surface area contributed by atoms with Gasteiger partial charge < -0.3 is 15.0 Å². The largest absolute Gasteiger partial charge is 0.379 e. The predicted molar refractivity (Wildman–Crippen MR) is 87.8 cm³/mol. The molecule has 0 saturated carbocycles. The van der Waals surface area contributed by atoms with Crippen molar-refractivity contribution >= 4 is 31.9 Å². The van der Waals surface area contributed by atoms with Gasteiger partial charge in [-0.05, 0) is 47.5 Å². The van der Waals surface area contributed by atoms with E-state index in [4.69, 9.17) is 15.0 Å². The minimum atomic E-state index is -0.779. The molecule has 7 heteroatoms. The molecule has 114 valence electrons. The summed E-state index contributed by atoms with van der Waals surface area (Å²) in [5, 5.41) is 3.98. The summed E-state index contributed by atoms with van der Waals surface area (Å²) in [5.41, 5.74) is 6.25. The van der Waals surface area contributed by atoms with Crippen molar-refractivity contribution in [1.29, 1.82) is 0 Å². The molecule has 0 fully saturated rings. The fraction of sp³-hybridized carbons (Fsp3) is 0.429. The maximum absolute atomic E-state index is 6.20. The molecule has 0 aliphatic rings. The topological polar surface area (TPSA) is 74.2 Å². The minimum Gasteiger partial charge on any atom is -0.379 e. The van der Waals surface area contributed by atoms with E-state index < -0.39 is 5.54 Å². The van der Waals surface area contributed by atoms with E-state index in [0.29, 0.717) is 24.9 Å². The molecule has 1 aromatic carbocycles. The second-order valence-electron chi connectivity index (χ2n) is 5.02. The van der Waals surface area contributed by atoms with Gasteiger partial charge in [0.25, 0.3) is 5.89 Å². The van der Waals surface area contributed by atoms with Crippen LogP contribution in [0.3, 0.4) is 0 Å². The molecule has 1 atom stereocenters.